The van der Waals surface area contributed by atoms with Gasteiger partial charge in [0.1, 0.15) is 5.75 Å². The number of carbonyl (C=O) groups excluding carboxylic acids is 1. The van der Waals surface area contributed by atoms with Crippen LogP contribution in [0, 0.1) is 0 Å². The number of pyridine rings is 1. The number of likely N-dealkylation sites (tertiary alicyclic amines) is 1. The van der Waals surface area contributed by atoms with E-state index < -0.39 is 0 Å². The summed E-state index contributed by atoms with van der Waals surface area (Å²) in [5.74, 6) is 1.25. The summed E-state index contributed by atoms with van der Waals surface area (Å²) in [7, 11) is 1.68. The van der Waals surface area contributed by atoms with E-state index in [1.54, 1.807) is 18.9 Å². The van der Waals surface area contributed by atoms with E-state index in [1.165, 1.54) is 5.56 Å². The zero-order valence-corrected chi connectivity index (χ0v) is 19.8. The Kier molecular flexibility index (Phi) is 7.48. The minimum atomic E-state index is -0.316. The number of benzene rings is 2. The molecule has 0 N–H and O–H groups in total. The highest BCUT2D eigenvalue weighted by molar-refractivity contribution is 5.69. The molecule has 176 valence electrons. The van der Waals surface area contributed by atoms with Crippen molar-refractivity contribution >= 4 is 11.8 Å². The summed E-state index contributed by atoms with van der Waals surface area (Å²) in [5.41, 5.74) is 4.38. The number of piperidine rings is 1. The van der Waals surface area contributed by atoms with Crippen molar-refractivity contribution in [3.8, 4) is 17.0 Å². The minimum absolute atomic E-state index is 0.288. The normalized spacial score (nSPS) is 13.9. The summed E-state index contributed by atoms with van der Waals surface area (Å²) in [5, 5.41) is 0. The molecule has 3 aromatic rings. The van der Waals surface area contributed by atoms with Gasteiger partial charge in [-0.1, -0.05) is 36.9 Å². The molecule has 1 aliphatic rings. The lowest BCUT2D eigenvalue weighted by molar-refractivity contribution is 0.117. The average molecular weight is 458 g/mol. The lowest BCUT2D eigenvalue weighted by Crippen LogP contribution is -2.46. The van der Waals surface area contributed by atoms with Gasteiger partial charge < -0.3 is 19.3 Å². The molecule has 0 saturated carbocycles. The standard InChI is InChI=1S/C28H31N3O3/c1-21(2)34-28(32)30-17-14-25(15-18-30)31(24-9-11-26(33-3)12-10-24)20-22-13-16-29-27(19-22)23-7-5-4-6-8-23/h4-13,16,19,25H,1,14-15,17-18,20H2,2-3H3. The zero-order chi connectivity index (χ0) is 23.9. The molecule has 1 saturated heterocycles. The molecule has 0 spiro atoms. The monoisotopic (exact) mass is 457 g/mol. The number of methoxy groups -OCH3 is 1. The molecule has 1 aliphatic heterocycles. The number of hydrogen-bond donors (Lipinski definition) is 0. The number of allylic oxidation sites excluding steroid dienone is 1. The van der Waals surface area contributed by atoms with Crippen molar-refractivity contribution in [1.82, 2.24) is 9.88 Å². The largest absolute Gasteiger partial charge is 0.497 e. The van der Waals surface area contributed by atoms with Gasteiger partial charge in [0, 0.05) is 43.1 Å². The molecule has 2 heterocycles. The highest BCUT2D eigenvalue weighted by Gasteiger charge is 2.28. The summed E-state index contributed by atoms with van der Waals surface area (Å²) in [6.45, 7) is 7.40. The fourth-order valence-corrected chi connectivity index (χ4v) is 4.31. The molecule has 1 amide bonds. The van der Waals surface area contributed by atoms with Crippen molar-refractivity contribution in [1.29, 1.82) is 0 Å². The van der Waals surface area contributed by atoms with Crippen LogP contribution in [0.3, 0.4) is 0 Å². The second-order valence-electron chi connectivity index (χ2n) is 8.53. The highest BCUT2D eigenvalue weighted by Crippen LogP contribution is 2.29. The Morgan fingerprint density at radius 3 is 2.44 bits per heavy atom. The van der Waals surface area contributed by atoms with Crippen LogP contribution in [0.4, 0.5) is 10.5 Å². The number of rotatable bonds is 7. The number of amides is 1. The van der Waals surface area contributed by atoms with Gasteiger partial charge in [0.05, 0.1) is 18.6 Å². The zero-order valence-electron chi connectivity index (χ0n) is 19.8. The Labute approximate surface area is 201 Å². The molecular weight excluding hydrogens is 426 g/mol. The van der Waals surface area contributed by atoms with Crippen molar-refractivity contribution in [2.45, 2.75) is 32.4 Å². The first-order chi connectivity index (χ1) is 16.5. The smallest absolute Gasteiger partial charge is 0.414 e. The Hall–Kier alpha value is -3.80. The molecule has 6 heteroatoms. The van der Waals surface area contributed by atoms with Crippen molar-refractivity contribution in [3.63, 3.8) is 0 Å². The van der Waals surface area contributed by atoms with E-state index in [9.17, 15) is 4.79 Å². The molecule has 4 rings (SSSR count). The summed E-state index contributed by atoms with van der Waals surface area (Å²) >= 11 is 0. The molecule has 0 atom stereocenters. The third-order valence-corrected chi connectivity index (χ3v) is 6.08. The Morgan fingerprint density at radius 1 is 1.09 bits per heavy atom. The van der Waals surface area contributed by atoms with E-state index >= 15 is 0 Å². The predicted molar refractivity (Wildman–Crippen MR) is 135 cm³/mol. The van der Waals surface area contributed by atoms with Gasteiger partial charge in [-0.2, -0.15) is 0 Å². The number of aromatic nitrogens is 1. The second-order valence-corrected chi connectivity index (χ2v) is 8.53. The van der Waals surface area contributed by atoms with Gasteiger partial charge in [-0.15, -0.1) is 0 Å². The van der Waals surface area contributed by atoms with Gasteiger partial charge in [-0.25, -0.2) is 4.79 Å². The Balaban J connectivity index is 1.55. The van der Waals surface area contributed by atoms with Crippen LogP contribution in [-0.4, -0.2) is 42.2 Å². The Bertz CT molecular complexity index is 1110. The number of carbonyl (C=O) groups is 1. The van der Waals surface area contributed by atoms with Crippen LogP contribution >= 0.6 is 0 Å². The van der Waals surface area contributed by atoms with E-state index in [-0.39, 0.29) is 12.1 Å². The van der Waals surface area contributed by atoms with Gasteiger partial charge in [0.2, 0.25) is 0 Å². The van der Waals surface area contributed by atoms with Crippen molar-refractivity contribution in [2.75, 3.05) is 25.1 Å². The van der Waals surface area contributed by atoms with Gasteiger partial charge in [0.15, 0.2) is 0 Å². The van der Waals surface area contributed by atoms with Gasteiger partial charge >= 0.3 is 6.09 Å². The molecule has 0 radical (unpaired) electrons. The maximum Gasteiger partial charge on any atom is 0.414 e. The van der Waals surface area contributed by atoms with Crippen LogP contribution in [0.25, 0.3) is 11.3 Å². The lowest BCUT2D eigenvalue weighted by atomic mass is 10.0. The first-order valence-electron chi connectivity index (χ1n) is 11.6. The van der Waals surface area contributed by atoms with Crippen molar-refractivity contribution in [3.05, 3.63) is 90.8 Å². The molecule has 0 aliphatic carbocycles. The molecular formula is C28H31N3O3. The quantitative estimate of drug-likeness (QED) is 0.414. The van der Waals surface area contributed by atoms with Crippen LogP contribution in [0.15, 0.2) is 85.3 Å². The molecule has 0 unspecified atom stereocenters. The predicted octanol–water partition coefficient (Wildman–Crippen LogP) is 5.90. The summed E-state index contributed by atoms with van der Waals surface area (Å²) in [4.78, 5) is 21.1. The number of hydrogen-bond acceptors (Lipinski definition) is 5. The summed E-state index contributed by atoms with van der Waals surface area (Å²) in [6, 6.07) is 22.9. The fraction of sp³-hybridized carbons (Fsp3) is 0.286. The number of nitrogens with zero attached hydrogens (tertiary/aromatic N) is 3. The number of anilines is 1. The Morgan fingerprint density at radius 2 is 1.79 bits per heavy atom. The second kappa shape index (κ2) is 10.9. The SMILES string of the molecule is C=C(C)OC(=O)N1CCC(N(Cc2ccnc(-c3ccccc3)c2)c2ccc(OC)cc2)CC1. The molecule has 34 heavy (non-hydrogen) atoms. The topological polar surface area (TPSA) is 54.9 Å². The van der Waals surface area contributed by atoms with E-state index in [4.69, 9.17) is 9.47 Å². The molecule has 1 fully saturated rings. The third-order valence-electron chi connectivity index (χ3n) is 6.08. The van der Waals surface area contributed by atoms with Crippen molar-refractivity contribution in [2.24, 2.45) is 0 Å². The third kappa shape index (κ3) is 5.76. The highest BCUT2D eigenvalue weighted by atomic mass is 16.6. The lowest BCUT2D eigenvalue weighted by Gasteiger charge is -2.39. The summed E-state index contributed by atoms with van der Waals surface area (Å²) in [6.07, 6.45) is 3.27. The van der Waals surface area contributed by atoms with Crippen LogP contribution in [0.5, 0.6) is 5.75 Å². The van der Waals surface area contributed by atoms with Crippen molar-refractivity contribution < 1.29 is 14.3 Å². The molecule has 6 nitrogen and oxygen atoms in total. The van der Waals surface area contributed by atoms with Crippen LogP contribution in [0.2, 0.25) is 0 Å². The first-order valence-corrected chi connectivity index (χ1v) is 11.6. The summed E-state index contributed by atoms with van der Waals surface area (Å²) < 4.78 is 10.6. The van der Waals surface area contributed by atoms with Crippen LogP contribution in [0.1, 0.15) is 25.3 Å². The van der Waals surface area contributed by atoms with E-state index in [0.29, 0.717) is 18.8 Å². The molecule has 1 aromatic heterocycles. The number of ether oxygens (including phenoxy) is 2. The van der Waals surface area contributed by atoms with Gasteiger partial charge in [0.25, 0.3) is 0 Å². The maximum atomic E-state index is 12.3. The first kappa shape index (κ1) is 23.4. The maximum absolute atomic E-state index is 12.3. The fourth-order valence-electron chi connectivity index (χ4n) is 4.31. The van der Waals surface area contributed by atoms with E-state index in [1.807, 2.05) is 36.5 Å². The van der Waals surface area contributed by atoms with E-state index in [2.05, 4.69) is 52.9 Å². The minimum Gasteiger partial charge on any atom is -0.497 e. The van der Waals surface area contributed by atoms with Gasteiger partial charge in [-0.05, 0) is 61.7 Å². The molecule has 2 aromatic carbocycles. The van der Waals surface area contributed by atoms with E-state index in [0.717, 1.165) is 42.1 Å². The molecule has 0 bridgehead atoms. The van der Waals surface area contributed by atoms with Gasteiger partial charge in [-0.3, -0.25) is 4.98 Å². The van der Waals surface area contributed by atoms with Crippen LogP contribution < -0.4 is 9.64 Å². The van der Waals surface area contributed by atoms with Crippen LogP contribution in [-0.2, 0) is 11.3 Å². The average Bonchev–Trinajstić information content (AvgIpc) is 2.88.